The lowest BCUT2D eigenvalue weighted by molar-refractivity contribution is -0.384. The number of aromatic amines is 1. The highest BCUT2D eigenvalue weighted by molar-refractivity contribution is 5.98. The number of ether oxygens (including phenoxy) is 2. The van der Waals surface area contributed by atoms with E-state index in [-0.39, 0.29) is 75.1 Å². The number of H-pyrrole nitrogens is 1. The molecule has 1 fully saturated rings. The van der Waals surface area contributed by atoms with E-state index < -0.39 is 119 Å². The Morgan fingerprint density at radius 3 is 1.59 bits per heavy atom. The molecule has 4 aromatic carbocycles. The number of nitrogens with zero attached hydrogens (tertiary/aromatic N) is 3. The molecular weight excluding hydrogens is 1160 g/mol. The van der Waals surface area contributed by atoms with Crippen LogP contribution in [0.15, 0.2) is 122 Å². The summed E-state index contributed by atoms with van der Waals surface area (Å²) in [5.41, 5.74) is 2.54. The lowest BCUT2D eigenvalue weighted by Gasteiger charge is -2.30. The van der Waals surface area contributed by atoms with E-state index in [0.717, 1.165) is 5.56 Å². The van der Waals surface area contributed by atoms with Crippen LogP contribution in [0.3, 0.4) is 0 Å². The quantitative estimate of drug-likeness (QED) is 0.0167. The van der Waals surface area contributed by atoms with E-state index in [2.05, 4.69) is 47.2 Å². The van der Waals surface area contributed by atoms with Crippen LogP contribution in [0.4, 0.5) is 10.5 Å². The first-order valence-electron chi connectivity index (χ1n) is 29.9. The summed E-state index contributed by atoms with van der Waals surface area (Å²) in [6.45, 7) is 9.50. The molecule has 1 aliphatic heterocycles. The molecule has 0 bridgehead atoms. The van der Waals surface area contributed by atoms with Crippen LogP contribution in [-0.4, -0.2) is 145 Å². The molecule has 8 unspecified atom stereocenters. The number of nitro benzene ring substituents is 1. The Kier molecular flexibility index (Phi) is 26.3. The van der Waals surface area contributed by atoms with Crippen molar-refractivity contribution in [2.24, 2.45) is 17.8 Å². The van der Waals surface area contributed by atoms with Gasteiger partial charge in [-0.3, -0.25) is 48.6 Å². The Labute approximate surface area is 521 Å². The van der Waals surface area contributed by atoms with Crippen LogP contribution in [0.2, 0.25) is 0 Å². The van der Waals surface area contributed by atoms with Gasteiger partial charge in [-0.05, 0) is 90.0 Å². The van der Waals surface area contributed by atoms with E-state index in [1.807, 2.05) is 45.9 Å². The van der Waals surface area contributed by atoms with Gasteiger partial charge in [-0.15, -0.1) is 0 Å². The Morgan fingerprint density at radius 2 is 1.06 bits per heavy atom. The number of phenolic OH excluding ortho intramolecular Hbond substituents is 1. The number of nitrogens with one attached hydrogen (secondary N) is 8. The van der Waals surface area contributed by atoms with Gasteiger partial charge in [0, 0.05) is 49.8 Å². The zero-order valence-corrected chi connectivity index (χ0v) is 51.2. The molecule has 482 valence electrons. The van der Waals surface area contributed by atoms with Gasteiger partial charge in [0.25, 0.3) is 5.69 Å². The summed E-state index contributed by atoms with van der Waals surface area (Å²) < 4.78 is 10.9. The van der Waals surface area contributed by atoms with Crippen LogP contribution >= 0.6 is 0 Å². The third-order valence-electron chi connectivity index (χ3n) is 14.8. The molecule has 8 atom stereocenters. The molecule has 26 heteroatoms. The summed E-state index contributed by atoms with van der Waals surface area (Å²) in [7, 11) is 0. The van der Waals surface area contributed by atoms with E-state index >= 15 is 0 Å². The summed E-state index contributed by atoms with van der Waals surface area (Å²) in [6, 6.07) is 18.3. The first-order valence-corrected chi connectivity index (χ1v) is 29.9. The minimum atomic E-state index is -1.63. The van der Waals surface area contributed by atoms with Gasteiger partial charge in [-0.1, -0.05) is 114 Å². The average Bonchev–Trinajstić information content (AvgIpc) is 2.17. The molecule has 6 rings (SSSR count). The van der Waals surface area contributed by atoms with E-state index in [1.165, 1.54) is 66.0 Å². The third-order valence-corrected chi connectivity index (χ3v) is 14.8. The highest BCUT2D eigenvalue weighted by atomic mass is 16.6. The highest BCUT2D eigenvalue weighted by Gasteiger charge is 2.39. The van der Waals surface area contributed by atoms with Crippen LogP contribution in [0, 0.1) is 27.9 Å². The maximum Gasteiger partial charge on any atom is 0.410 e. The second-order valence-corrected chi connectivity index (χ2v) is 23.3. The number of nitro groups is 1. The first-order chi connectivity index (χ1) is 43.0. The number of carbonyl (C=O) groups excluding carboxylic acids is 9. The summed E-state index contributed by atoms with van der Waals surface area (Å²) in [4.78, 5) is 146. The summed E-state index contributed by atoms with van der Waals surface area (Å²) in [5, 5.41) is 50.3. The zero-order chi connectivity index (χ0) is 65.4. The van der Waals surface area contributed by atoms with Crippen molar-refractivity contribution in [3.8, 4) is 5.75 Å². The second-order valence-electron chi connectivity index (χ2n) is 23.3. The highest BCUT2D eigenvalue weighted by Crippen LogP contribution is 2.21. The Balaban J connectivity index is 1.16. The number of carbonyl (C=O) groups is 9. The summed E-state index contributed by atoms with van der Waals surface area (Å²) >= 11 is 0. The number of hydrogen-bond donors (Lipinski definition) is 10. The molecule has 10 N–H and O–H groups in total. The van der Waals surface area contributed by atoms with Gasteiger partial charge in [-0.25, -0.2) is 14.6 Å². The van der Waals surface area contributed by atoms with Crippen LogP contribution in [-0.2, 0) is 80.3 Å². The summed E-state index contributed by atoms with van der Waals surface area (Å²) in [5.74, 6) is -7.65. The Morgan fingerprint density at radius 1 is 0.589 bits per heavy atom. The van der Waals surface area contributed by atoms with E-state index in [1.54, 1.807) is 56.3 Å². The van der Waals surface area contributed by atoms with Gasteiger partial charge in [0.1, 0.15) is 61.3 Å². The molecule has 0 radical (unpaired) electrons. The number of aliphatic hydroxyl groups excluding tert-OH is 1. The Hall–Kier alpha value is -9.72. The van der Waals surface area contributed by atoms with Gasteiger partial charge < -0.3 is 61.9 Å². The number of aromatic nitrogens is 2. The van der Waals surface area contributed by atoms with Crippen molar-refractivity contribution in [3.05, 3.63) is 160 Å². The molecule has 1 saturated heterocycles. The molecular formula is C64H81N11O15. The number of esters is 1. The van der Waals surface area contributed by atoms with Gasteiger partial charge in [-0.2, -0.15) is 0 Å². The lowest BCUT2D eigenvalue weighted by atomic mass is 9.97. The number of rotatable bonds is 32. The molecule has 1 aromatic heterocycles. The number of likely N-dealkylation sites (tertiary alicyclic amines) is 1. The Bertz CT molecular complexity index is 3210. The van der Waals surface area contributed by atoms with Crippen molar-refractivity contribution in [1.29, 1.82) is 0 Å². The number of benzene rings is 4. The molecule has 1 aliphatic rings. The summed E-state index contributed by atoms with van der Waals surface area (Å²) in [6.07, 6.45) is 2.75. The SMILES string of the molecule is CC(C)CC(NC(=O)C(Cc1cnc[nH]1)NC(=O)C(Cc1ccccc1)NC(=O)C1CCCN1C(=O)OCc1ccccc1)C(=O)NC(CC(C)C)C(=O)NC(C(=O)NC(Cc1ccc(O)cc1)C(=O)NC(CO)C(=O)OCc1ccc([N+](=O)[O-])cc1)C(C)C. The van der Waals surface area contributed by atoms with Crippen molar-refractivity contribution in [1.82, 2.24) is 52.1 Å². The van der Waals surface area contributed by atoms with E-state index in [4.69, 9.17) is 9.47 Å². The number of amides is 8. The molecule has 0 spiro atoms. The minimum Gasteiger partial charge on any atom is -0.508 e. The van der Waals surface area contributed by atoms with E-state index in [9.17, 15) is 63.5 Å². The fourth-order valence-corrected chi connectivity index (χ4v) is 9.98. The normalized spacial score (nSPS) is 15.2. The number of non-ortho nitro benzene ring substituents is 1. The maximum absolute atomic E-state index is 14.7. The van der Waals surface area contributed by atoms with Gasteiger partial charge in [0.15, 0.2) is 6.04 Å². The fourth-order valence-electron chi connectivity index (χ4n) is 9.98. The molecule has 26 nitrogen and oxygen atoms in total. The van der Waals surface area contributed by atoms with Gasteiger partial charge in [0.05, 0.1) is 17.9 Å². The van der Waals surface area contributed by atoms with Crippen molar-refractivity contribution in [2.75, 3.05) is 13.2 Å². The average molecular weight is 1240 g/mol. The lowest BCUT2D eigenvalue weighted by Crippen LogP contribution is -2.61. The molecule has 0 aliphatic carbocycles. The standard InChI is InChI=1S/C64H81N11O15/c1-38(2)28-48(67-59(81)52(32-45-33-65-37-66-45)69-57(79)50(30-41-14-9-7-10-15-41)70-61(83)54-18-13-27-74(54)64(86)90-36-43-16-11-8-12-17-43)56(78)68-49(29-39(3)4)60(82)73-55(40(5)6)62(84)71-51(31-42-21-25-47(77)26-22-42)58(80)72-53(34-76)63(85)89-35-44-19-23-46(24-20-44)75(87)88/h7-12,14-17,19-26,33,37-40,48-55,76-77H,13,18,27-32,34-36H2,1-6H3,(H,65,66)(H,67,81)(H,68,78)(H,69,79)(H,70,83)(H,71,84)(H,72,80)(H,73,82). The van der Waals surface area contributed by atoms with Crippen molar-refractivity contribution in [2.45, 2.75) is 148 Å². The molecule has 2 heterocycles. The molecule has 8 amide bonds. The number of hydrogen-bond acceptors (Lipinski definition) is 16. The monoisotopic (exact) mass is 1240 g/mol. The van der Waals surface area contributed by atoms with Crippen LogP contribution < -0.4 is 37.2 Å². The maximum atomic E-state index is 14.7. The smallest absolute Gasteiger partial charge is 0.410 e. The molecule has 5 aromatic rings. The van der Waals surface area contributed by atoms with Gasteiger partial charge in [0.2, 0.25) is 41.4 Å². The fraction of sp³-hybridized carbons (Fsp3) is 0.438. The van der Waals surface area contributed by atoms with Crippen molar-refractivity contribution >= 4 is 59.1 Å². The van der Waals surface area contributed by atoms with E-state index in [0.29, 0.717) is 35.2 Å². The number of aliphatic hydroxyl groups is 1. The molecule has 90 heavy (non-hydrogen) atoms. The topological polar surface area (TPSA) is 372 Å². The molecule has 0 saturated carbocycles. The van der Waals surface area contributed by atoms with Crippen molar-refractivity contribution in [3.63, 3.8) is 0 Å². The second kappa shape index (κ2) is 34.1. The van der Waals surface area contributed by atoms with Crippen molar-refractivity contribution < 1.29 is 67.8 Å². The number of aromatic hydroxyl groups is 1. The zero-order valence-electron chi connectivity index (χ0n) is 51.2. The minimum absolute atomic E-state index is 0.00565. The number of imidazole rings is 1. The van der Waals surface area contributed by atoms with Crippen LogP contribution in [0.5, 0.6) is 5.75 Å². The van der Waals surface area contributed by atoms with Crippen LogP contribution in [0.1, 0.15) is 95.2 Å². The van der Waals surface area contributed by atoms with Crippen LogP contribution in [0.25, 0.3) is 0 Å². The third kappa shape index (κ3) is 21.6. The largest absolute Gasteiger partial charge is 0.508 e. The predicted octanol–water partition coefficient (Wildman–Crippen LogP) is 3.73. The number of phenols is 1. The first kappa shape index (κ1) is 69.4. The van der Waals surface area contributed by atoms with Gasteiger partial charge >= 0.3 is 12.1 Å². The predicted molar refractivity (Wildman–Crippen MR) is 328 cm³/mol.